The molecule has 2 rings (SSSR count). The lowest BCUT2D eigenvalue weighted by atomic mass is 10.3. The number of carbonyl (C=O) groups excluding carboxylic acids is 1. The smallest absolute Gasteiger partial charge is 0.356 e. The Balaban J connectivity index is 1.97. The Hall–Kier alpha value is -2.41. The zero-order chi connectivity index (χ0) is 15.4. The Labute approximate surface area is 125 Å². The van der Waals surface area contributed by atoms with Crippen molar-refractivity contribution in [1.82, 2.24) is 10.3 Å². The Kier molecular flexibility index (Phi) is 4.54. The Morgan fingerprint density at radius 3 is 2.76 bits per heavy atom. The number of aromatic carboxylic acids is 1. The third kappa shape index (κ3) is 3.79. The van der Waals surface area contributed by atoms with Gasteiger partial charge in [0.25, 0.3) is 0 Å². The molecule has 0 aliphatic rings. The largest absolute Gasteiger partial charge is 0.476 e. The molecule has 0 radical (unpaired) electrons. The summed E-state index contributed by atoms with van der Waals surface area (Å²) >= 11 is 1.62. The number of hydrogen-bond acceptors (Lipinski definition) is 4. The summed E-state index contributed by atoms with van der Waals surface area (Å²) in [6.45, 7) is 4.44. The minimum Gasteiger partial charge on any atom is -0.476 e. The van der Waals surface area contributed by atoms with Crippen molar-refractivity contribution in [3.8, 4) is 0 Å². The molecule has 0 aliphatic carbocycles. The topological polar surface area (TPSA) is 91.3 Å². The second-order valence-electron chi connectivity index (χ2n) is 4.46. The summed E-state index contributed by atoms with van der Waals surface area (Å²) in [4.78, 5) is 28.8. The van der Waals surface area contributed by atoms with E-state index in [-0.39, 0.29) is 11.4 Å². The molecular weight excluding hydrogens is 290 g/mol. The predicted molar refractivity (Wildman–Crippen MR) is 80.8 cm³/mol. The molecule has 110 valence electrons. The van der Waals surface area contributed by atoms with Crippen LogP contribution in [-0.4, -0.2) is 22.1 Å². The summed E-state index contributed by atoms with van der Waals surface area (Å²) in [5.74, 6) is -1.18. The Bertz CT molecular complexity index is 662. The number of nitrogens with one attached hydrogen (secondary N) is 2. The third-order valence-corrected chi connectivity index (χ3v) is 4.05. The van der Waals surface area contributed by atoms with Crippen molar-refractivity contribution in [3.05, 3.63) is 45.4 Å². The molecule has 2 amide bonds. The van der Waals surface area contributed by atoms with Crippen LogP contribution in [0.3, 0.4) is 0 Å². The number of anilines is 1. The van der Waals surface area contributed by atoms with Gasteiger partial charge in [0.05, 0.1) is 12.2 Å². The number of pyridine rings is 1. The number of aryl methyl sites for hydroxylation is 2. The van der Waals surface area contributed by atoms with Crippen LogP contribution in [0.2, 0.25) is 0 Å². The standard InChI is InChI=1S/C14H15N3O3S/c1-8-6-10(21-9(8)2)7-16-14(20)17-11-4-3-5-15-12(11)13(18)19/h3-6H,7H2,1-2H3,(H,18,19)(H2,16,17,20). The van der Waals surface area contributed by atoms with Gasteiger partial charge in [-0.1, -0.05) is 0 Å². The summed E-state index contributed by atoms with van der Waals surface area (Å²) in [5.41, 5.74) is 1.18. The zero-order valence-corrected chi connectivity index (χ0v) is 12.5. The van der Waals surface area contributed by atoms with E-state index in [1.165, 1.54) is 22.7 Å². The first-order valence-corrected chi connectivity index (χ1v) is 7.08. The molecule has 0 saturated heterocycles. The van der Waals surface area contributed by atoms with Crippen molar-refractivity contribution in [3.63, 3.8) is 0 Å². The van der Waals surface area contributed by atoms with E-state index in [2.05, 4.69) is 15.6 Å². The molecule has 3 N–H and O–H groups in total. The average Bonchev–Trinajstić information content (AvgIpc) is 2.76. The summed E-state index contributed by atoms with van der Waals surface area (Å²) in [5, 5.41) is 14.2. The van der Waals surface area contributed by atoms with Crippen molar-refractivity contribution < 1.29 is 14.7 Å². The van der Waals surface area contributed by atoms with E-state index in [1.807, 2.05) is 19.9 Å². The van der Waals surface area contributed by atoms with Crippen LogP contribution >= 0.6 is 11.3 Å². The van der Waals surface area contributed by atoms with Gasteiger partial charge in [-0.05, 0) is 37.6 Å². The first kappa shape index (κ1) is 15.0. The Morgan fingerprint density at radius 2 is 2.14 bits per heavy atom. The van der Waals surface area contributed by atoms with Gasteiger partial charge in [-0.3, -0.25) is 0 Å². The fourth-order valence-corrected chi connectivity index (χ4v) is 2.74. The van der Waals surface area contributed by atoms with Crippen molar-refractivity contribution in [1.29, 1.82) is 0 Å². The van der Waals surface area contributed by atoms with Crippen LogP contribution in [0.25, 0.3) is 0 Å². The second-order valence-corrected chi connectivity index (χ2v) is 5.81. The molecule has 21 heavy (non-hydrogen) atoms. The van der Waals surface area contributed by atoms with E-state index in [9.17, 15) is 9.59 Å². The summed E-state index contributed by atoms with van der Waals surface area (Å²) in [7, 11) is 0. The van der Waals surface area contributed by atoms with Gasteiger partial charge < -0.3 is 15.7 Å². The van der Waals surface area contributed by atoms with Crippen LogP contribution in [-0.2, 0) is 6.54 Å². The van der Waals surface area contributed by atoms with Gasteiger partial charge in [0.15, 0.2) is 5.69 Å². The van der Waals surface area contributed by atoms with Crippen LogP contribution in [0.4, 0.5) is 10.5 Å². The number of amides is 2. The fraction of sp³-hybridized carbons (Fsp3) is 0.214. The zero-order valence-electron chi connectivity index (χ0n) is 11.6. The van der Waals surface area contributed by atoms with Gasteiger partial charge in [0.2, 0.25) is 0 Å². The average molecular weight is 305 g/mol. The van der Waals surface area contributed by atoms with E-state index in [1.54, 1.807) is 17.4 Å². The van der Waals surface area contributed by atoms with Gasteiger partial charge in [0, 0.05) is 16.0 Å². The lowest BCUT2D eigenvalue weighted by Gasteiger charge is -2.08. The van der Waals surface area contributed by atoms with Crippen molar-refractivity contribution in [2.24, 2.45) is 0 Å². The maximum atomic E-state index is 11.8. The summed E-state index contributed by atoms with van der Waals surface area (Å²) in [6.07, 6.45) is 1.36. The maximum absolute atomic E-state index is 11.8. The highest BCUT2D eigenvalue weighted by Crippen LogP contribution is 2.20. The van der Waals surface area contributed by atoms with E-state index < -0.39 is 12.0 Å². The van der Waals surface area contributed by atoms with E-state index in [0.29, 0.717) is 6.54 Å². The molecule has 0 fully saturated rings. The first-order valence-electron chi connectivity index (χ1n) is 6.26. The van der Waals surface area contributed by atoms with Crippen molar-refractivity contribution in [2.45, 2.75) is 20.4 Å². The van der Waals surface area contributed by atoms with Gasteiger partial charge in [0.1, 0.15) is 0 Å². The molecule has 2 aromatic heterocycles. The van der Waals surface area contributed by atoms with Crippen LogP contribution < -0.4 is 10.6 Å². The molecule has 0 aliphatic heterocycles. The number of aromatic nitrogens is 1. The number of hydrogen-bond donors (Lipinski definition) is 3. The number of urea groups is 1. The highest BCUT2D eigenvalue weighted by molar-refractivity contribution is 7.12. The van der Waals surface area contributed by atoms with E-state index >= 15 is 0 Å². The van der Waals surface area contributed by atoms with Crippen molar-refractivity contribution in [2.75, 3.05) is 5.32 Å². The molecule has 0 bridgehead atoms. The molecule has 6 nitrogen and oxygen atoms in total. The fourth-order valence-electron chi connectivity index (χ4n) is 1.75. The summed E-state index contributed by atoms with van der Waals surface area (Å²) < 4.78 is 0. The van der Waals surface area contributed by atoms with E-state index in [4.69, 9.17) is 5.11 Å². The number of carboxylic acids is 1. The molecule has 2 heterocycles. The SMILES string of the molecule is Cc1cc(CNC(=O)Nc2cccnc2C(=O)O)sc1C. The molecule has 7 heteroatoms. The first-order chi connectivity index (χ1) is 9.97. The highest BCUT2D eigenvalue weighted by Gasteiger charge is 2.13. The monoisotopic (exact) mass is 305 g/mol. The van der Waals surface area contributed by atoms with Gasteiger partial charge in [-0.2, -0.15) is 0 Å². The third-order valence-electron chi connectivity index (χ3n) is 2.90. The van der Waals surface area contributed by atoms with Gasteiger partial charge >= 0.3 is 12.0 Å². The lowest BCUT2D eigenvalue weighted by Crippen LogP contribution is -2.28. The maximum Gasteiger partial charge on any atom is 0.356 e. The van der Waals surface area contributed by atoms with Crippen LogP contribution in [0.15, 0.2) is 24.4 Å². The molecule has 0 aromatic carbocycles. The molecular formula is C14H15N3O3S. The highest BCUT2D eigenvalue weighted by atomic mass is 32.1. The number of nitrogens with zero attached hydrogens (tertiary/aromatic N) is 1. The van der Waals surface area contributed by atoms with Crippen LogP contribution in [0.5, 0.6) is 0 Å². The normalized spacial score (nSPS) is 10.2. The minimum absolute atomic E-state index is 0.168. The number of carboxylic acid groups (broad SMARTS) is 1. The van der Waals surface area contributed by atoms with Crippen LogP contribution in [0, 0.1) is 13.8 Å². The molecule has 0 saturated carbocycles. The van der Waals surface area contributed by atoms with Gasteiger partial charge in [-0.25, -0.2) is 14.6 Å². The molecule has 0 unspecified atom stereocenters. The quantitative estimate of drug-likeness (QED) is 0.810. The second kappa shape index (κ2) is 6.36. The molecule has 0 atom stereocenters. The van der Waals surface area contributed by atoms with E-state index in [0.717, 1.165) is 4.88 Å². The minimum atomic E-state index is -1.18. The summed E-state index contributed by atoms with van der Waals surface area (Å²) in [6, 6.07) is 4.62. The Morgan fingerprint density at radius 1 is 1.38 bits per heavy atom. The predicted octanol–water partition coefficient (Wildman–Crippen LogP) is 2.78. The van der Waals surface area contributed by atoms with Crippen molar-refractivity contribution >= 4 is 29.0 Å². The van der Waals surface area contributed by atoms with Crippen LogP contribution in [0.1, 0.15) is 25.8 Å². The molecule has 2 aromatic rings. The number of thiophene rings is 1. The van der Waals surface area contributed by atoms with Gasteiger partial charge in [-0.15, -0.1) is 11.3 Å². The lowest BCUT2D eigenvalue weighted by molar-refractivity contribution is 0.0691. The molecule has 0 spiro atoms. The number of carbonyl (C=O) groups is 2. The number of rotatable bonds is 4.